The van der Waals surface area contributed by atoms with Gasteiger partial charge in [0.15, 0.2) is 0 Å². The molecule has 0 aliphatic carbocycles. The summed E-state index contributed by atoms with van der Waals surface area (Å²) in [5.41, 5.74) is 9.87. The summed E-state index contributed by atoms with van der Waals surface area (Å²) in [4.78, 5) is 26.4. The smallest absolute Gasteiger partial charge is 0.256 e. The molecule has 8 nitrogen and oxygen atoms in total. The molecule has 0 atom stereocenters. The van der Waals surface area contributed by atoms with Crippen LogP contribution in [0.1, 0.15) is 10.4 Å². The van der Waals surface area contributed by atoms with Crippen LogP contribution in [-0.4, -0.2) is 91.0 Å². The number of hydrogen-bond donors (Lipinski definition) is 2. The first-order valence-corrected chi connectivity index (χ1v) is 13.0. The number of H-pyrrole nitrogens is 1. The number of fused-ring (bicyclic) bond motifs is 1. The number of aromatic nitrogens is 2. The average molecular weight is 535 g/mol. The van der Waals surface area contributed by atoms with Crippen LogP contribution in [0.2, 0.25) is 5.02 Å². The molecule has 0 unspecified atom stereocenters. The predicted octanol–water partition coefficient (Wildman–Crippen LogP) is 4.48. The number of nitrogen functional groups attached to an aromatic ring is 1. The maximum atomic E-state index is 12.5. The molecule has 3 N–H and O–H groups in total. The molecule has 1 amide bonds. The fourth-order valence-electron chi connectivity index (χ4n) is 4.46. The van der Waals surface area contributed by atoms with Gasteiger partial charge in [-0.2, -0.15) is 0 Å². The lowest BCUT2D eigenvalue weighted by molar-refractivity contribution is 0.0631. The van der Waals surface area contributed by atoms with Gasteiger partial charge < -0.3 is 25.3 Å². The van der Waals surface area contributed by atoms with Crippen LogP contribution in [0.3, 0.4) is 0 Å². The van der Waals surface area contributed by atoms with Gasteiger partial charge in [0.05, 0.1) is 23.4 Å². The van der Waals surface area contributed by atoms with Crippen molar-refractivity contribution >= 4 is 34.2 Å². The molecule has 0 saturated carbocycles. The van der Waals surface area contributed by atoms with E-state index in [4.69, 9.17) is 22.1 Å². The normalized spacial score (nSPS) is 13.9. The van der Waals surface area contributed by atoms with Gasteiger partial charge in [0.1, 0.15) is 11.4 Å². The Balaban J connectivity index is 0.000000180. The van der Waals surface area contributed by atoms with Gasteiger partial charge in [-0.25, -0.2) is 4.98 Å². The number of hydrogen-bond acceptors (Lipinski definition) is 6. The number of carbonyl (C=O) groups is 1. The van der Waals surface area contributed by atoms with Crippen molar-refractivity contribution in [3.63, 3.8) is 0 Å². The second-order valence-electron chi connectivity index (χ2n) is 9.44. The summed E-state index contributed by atoms with van der Waals surface area (Å²) in [7, 11) is 5.83. The van der Waals surface area contributed by atoms with Crippen LogP contribution in [0, 0.1) is 0 Å². The zero-order valence-electron chi connectivity index (χ0n) is 22.2. The number of carbonyl (C=O) groups excluding carboxylic acids is 1. The van der Waals surface area contributed by atoms with Gasteiger partial charge in [-0.1, -0.05) is 35.9 Å². The molecule has 0 spiro atoms. The first-order chi connectivity index (χ1) is 18.4. The molecular weight excluding hydrogens is 500 g/mol. The number of nitrogens with zero attached hydrogens (tertiary/aromatic N) is 4. The predicted molar refractivity (Wildman–Crippen MR) is 155 cm³/mol. The monoisotopic (exact) mass is 534 g/mol. The van der Waals surface area contributed by atoms with Gasteiger partial charge in [0, 0.05) is 68.2 Å². The van der Waals surface area contributed by atoms with E-state index in [2.05, 4.69) is 46.0 Å². The third kappa shape index (κ3) is 6.45. The molecule has 1 aliphatic rings. The summed E-state index contributed by atoms with van der Waals surface area (Å²) in [5, 5.41) is 1.54. The number of methoxy groups -OCH3 is 1. The summed E-state index contributed by atoms with van der Waals surface area (Å²) in [6.07, 6.45) is 3.75. The molecule has 9 heteroatoms. The van der Waals surface area contributed by atoms with Crippen LogP contribution < -0.4 is 10.5 Å². The van der Waals surface area contributed by atoms with E-state index in [0.29, 0.717) is 16.3 Å². The highest BCUT2D eigenvalue weighted by Crippen LogP contribution is 2.34. The van der Waals surface area contributed by atoms with Crippen LogP contribution >= 0.6 is 11.6 Å². The number of aromatic amines is 1. The number of benzene rings is 2. The van der Waals surface area contributed by atoms with Crippen molar-refractivity contribution in [1.82, 2.24) is 24.7 Å². The van der Waals surface area contributed by atoms with Crippen molar-refractivity contribution in [2.75, 3.05) is 66.2 Å². The third-order valence-electron chi connectivity index (χ3n) is 6.65. The Morgan fingerprint density at radius 3 is 2.55 bits per heavy atom. The van der Waals surface area contributed by atoms with E-state index >= 15 is 0 Å². The maximum Gasteiger partial charge on any atom is 0.256 e. The number of nitrogens with one attached hydrogen (secondary N) is 1. The minimum absolute atomic E-state index is 0.0257. The lowest BCUT2D eigenvalue weighted by atomic mass is 10.1. The number of ether oxygens (including phenoxy) is 1. The third-order valence-corrected chi connectivity index (χ3v) is 6.98. The second kappa shape index (κ2) is 12.8. The molecular formula is C29H35ClN6O2. The number of para-hydroxylation sites is 2. The van der Waals surface area contributed by atoms with Crippen LogP contribution in [-0.2, 0) is 0 Å². The van der Waals surface area contributed by atoms with Crippen molar-refractivity contribution in [3.8, 4) is 16.9 Å². The van der Waals surface area contributed by atoms with E-state index in [-0.39, 0.29) is 5.91 Å². The number of likely N-dealkylation sites (N-methyl/N-ethyl adjacent to an activating group) is 1. The van der Waals surface area contributed by atoms with E-state index in [1.807, 2.05) is 35.4 Å². The Morgan fingerprint density at radius 2 is 1.82 bits per heavy atom. The minimum Gasteiger partial charge on any atom is -0.496 e. The molecule has 2 aromatic carbocycles. The van der Waals surface area contributed by atoms with Gasteiger partial charge in [-0.15, -0.1) is 0 Å². The van der Waals surface area contributed by atoms with Crippen LogP contribution in [0.5, 0.6) is 5.75 Å². The van der Waals surface area contributed by atoms with E-state index in [9.17, 15) is 4.79 Å². The van der Waals surface area contributed by atoms with Crippen molar-refractivity contribution in [2.24, 2.45) is 0 Å². The van der Waals surface area contributed by atoms with Crippen molar-refractivity contribution in [2.45, 2.75) is 0 Å². The average Bonchev–Trinajstić information content (AvgIpc) is 3.38. The largest absolute Gasteiger partial charge is 0.496 e. The summed E-state index contributed by atoms with van der Waals surface area (Å²) in [6, 6.07) is 17.2. The second-order valence-corrected chi connectivity index (χ2v) is 9.85. The standard InChI is InChI=1S/C15H23ClN4O.C14H12N2O/c1-18(2)6-7-19-8-10-20(11-9-19)15(21)12-4-3-5-13(16)14(12)17;1-17-13-7-3-2-5-10(13)12-9-16-14-11(12)6-4-8-15-14/h3-5H,6-11,17H2,1-2H3;2-9H,1H3,(H,15,16). The molecule has 1 fully saturated rings. The van der Waals surface area contributed by atoms with Crippen molar-refractivity contribution in [3.05, 3.63) is 77.6 Å². The van der Waals surface area contributed by atoms with Gasteiger partial charge in [-0.05, 0) is 44.4 Å². The number of halogens is 1. The quantitative estimate of drug-likeness (QED) is 0.354. The highest BCUT2D eigenvalue weighted by atomic mass is 35.5. The van der Waals surface area contributed by atoms with E-state index in [1.54, 1.807) is 31.5 Å². The molecule has 0 radical (unpaired) electrons. The maximum absolute atomic E-state index is 12.5. The Bertz CT molecular complexity index is 1360. The van der Waals surface area contributed by atoms with Crippen LogP contribution in [0.25, 0.3) is 22.2 Å². The lowest BCUT2D eigenvalue weighted by Gasteiger charge is -2.35. The highest BCUT2D eigenvalue weighted by molar-refractivity contribution is 6.33. The number of rotatable bonds is 6. The van der Waals surface area contributed by atoms with E-state index in [0.717, 1.165) is 67.2 Å². The Morgan fingerprint density at radius 1 is 1.05 bits per heavy atom. The summed E-state index contributed by atoms with van der Waals surface area (Å²) in [5.74, 6) is 0.847. The number of nitrogens with two attached hydrogens (primary N) is 1. The van der Waals surface area contributed by atoms with Crippen LogP contribution in [0.4, 0.5) is 5.69 Å². The van der Waals surface area contributed by atoms with E-state index in [1.165, 1.54) is 0 Å². The van der Waals surface area contributed by atoms with E-state index < -0.39 is 0 Å². The highest BCUT2D eigenvalue weighted by Gasteiger charge is 2.23. The first kappa shape index (κ1) is 27.4. The molecule has 3 heterocycles. The van der Waals surface area contributed by atoms with Crippen LogP contribution in [0.15, 0.2) is 67.0 Å². The summed E-state index contributed by atoms with van der Waals surface area (Å²) in [6.45, 7) is 5.35. The Labute approximate surface area is 229 Å². The molecule has 4 aromatic rings. The molecule has 2 aromatic heterocycles. The fraction of sp³-hybridized carbons (Fsp3) is 0.310. The first-order valence-electron chi connectivity index (χ1n) is 12.6. The zero-order chi connectivity index (χ0) is 27.1. The summed E-state index contributed by atoms with van der Waals surface area (Å²) < 4.78 is 5.38. The Hall–Kier alpha value is -3.59. The SMILES string of the molecule is CN(C)CCN1CCN(C(=O)c2cccc(Cl)c2N)CC1.COc1ccccc1-c1c[nH]c2ncccc12. The van der Waals surface area contributed by atoms with Crippen molar-refractivity contribution in [1.29, 1.82) is 0 Å². The molecule has 38 heavy (non-hydrogen) atoms. The minimum atomic E-state index is -0.0257. The molecule has 5 rings (SSSR count). The molecule has 1 saturated heterocycles. The number of piperazine rings is 1. The zero-order valence-corrected chi connectivity index (χ0v) is 22.9. The van der Waals surface area contributed by atoms with Gasteiger partial charge >= 0.3 is 0 Å². The number of amides is 1. The van der Waals surface area contributed by atoms with Gasteiger partial charge in [0.2, 0.25) is 0 Å². The Kier molecular flexibility index (Phi) is 9.23. The number of anilines is 1. The molecule has 0 bridgehead atoms. The fourth-order valence-corrected chi connectivity index (χ4v) is 4.63. The van der Waals surface area contributed by atoms with Gasteiger partial charge in [0.25, 0.3) is 5.91 Å². The topological polar surface area (TPSA) is 90.7 Å². The summed E-state index contributed by atoms with van der Waals surface area (Å²) >= 11 is 5.98. The molecule has 1 aliphatic heterocycles. The van der Waals surface area contributed by atoms with Crippen molar-refractivity contribution < 1.29 is 9.53 Å². The van der Waals surface area contributed by atoms with Gasteiger partial charge in [-0.3, -0.25) is 9.69 Å². The number of pyridine rings is 1. The lowest BCUT2D eigenvalue weighted by Crippen LogP contribution is -2.50. The molecule has 200 valence electrons.